The molecule has 0 aliphatic rings. The van der Waals surface area contributed by atoms with Crippen LogP contribution in [0.2, 0.25) is 0 Å². The standard InChI is InChI=1S/C30H62O2/c1-3-5-7-9-11-13-15-16-17-18-20-22-24-26-28-32-30-29-31-27-25-23-21-19-14-12-10-8-6-4-2/h3-30H2,1-2H3. The molecule has 0 aromatic carbocycles. The largest absolute Gasteiger partial charge is 0.379 e. The average molecular weight is 455 g/mol. The molecule has 0 spiro atoms. The van der Waals surface area contributed by atoms with E-state index >= 15 is 0 Å². The zero-order valence-corrected chi connectivity index (χ0v) is 22.6. The molecule has 0 amide bonds. The summed E-state index contributed by atoms with van der Waals surface area (Å²) in [5.74, 6) is 0. The van der Waals surface area contributed by atoms with Crippen LogP contribution in [0.15, 0.2) is 0 Å². The van der Waals surface area contributed by atoms with Gasteiger partial charge in [-0.2, -0.15) is 0 Å². The molecule has 194 valence electrons. The van der Waals surface area contributed by atoms with Crippen LogP contribution >= 0.6 is 0 Å². The van der Waals surface area contributed by atoms with E-state index in [9.17, 15) is 0 Å². The molecule has 0 aliphatic carbocycles. The average Bonchev–Trinajstić information content (AvgIpc) is 2.81. The predicted octanol–water partition coefficient (Wildman–Crippen LogP) is 10.4. The van der Waals surface area contributed by atoms with Crippen molar-refractivity contribution in [3.63, 3.8) is 0 Å². The molecule has 0 N–H and O–H groups in total. The van der Waals surface area contributed by atoms with Gasteiger partial charge < -0.3 is 9.47 Å². The zero-order chi connectivity index (χ0) is 23.2. The molecule has 0 aromatic heterocycles. The highest BCUT2D eigenvalue weighted by molar-refractivity contribution is 4.50. The van der Waals surface area contributed by atoms with E-state index in [4.69, 9.17) is 9.47 Å². The molecule has 0 rings (SSSR count). The third-order valence-electron chi connectivity index (χ3n) is 6.66. The maximum atomic E-state index is 5.72. The first-order valence-electron chi connectivity index (χ1n) is 15.1. The summed E-state index contributed by atoms with van der Waals surface area (Å²) >= 11 is 0. The molecule has 0 bridgehead atoms. The highest BCUT2D eigenvalue weighted by Gasteiger charge is 1.96. The predicted molar refractivity (Wildman–Crippen MR) is 144 cm³/mol. The Morgan fingerprint density at radius 2 is 0.469 bits per heavy atom. The van der Waals surface area contributed by atoms with Gasteiger partial charge in [0.15, 0.2) is 0 Å². The Kier molecular flexibility index (Phi) is 30.8. The summed E-state index contributed by atoms with van der Waals surface area (Å²) in [6.07, 6.45) is 33.6. The summed E-state index contributed by atoms with van der Waals surface area (Å²) < 4.78 is 11.4. The monoisotopic (exact) mass is 454 g/mol. The highest BCUT2D eigenvalue weighted by atomic mass is 16.5. The van der Waals surface area contributed by atoms with Crippen molar-refractivity contribution in [2.75, 3.05) is 26.4 Å². The van der Waals surface area contributed by atoms with Crippen LogP contribution in [0, 0.1) is 0 Å². The minimum absolute atomic E-state index is 0.774. The summed E-state index contributed by atoms with van der Waals surface area (Å²) in [6, 6.07) is 0. The minimum atomic E-state index is 0.774. The lowest BCUT2D eigenvalue weighted by molar-refractivity contribution is 0.0448. The first-order valence-corrected chi connectivity index (χ1v) is 15.1. The Morgan fingerprint density at radius 1 is 0.250 bits per heavy atom. The molecule has 0 unspecified atom stereocenters. The van der Waals surface area contributed by atoms with Crippen LogP contribution in [-0.4, -0.2) is 26.4 Å². The normalized spacial score (nSPS) is 11.4. The highest BCUT2D eigenvalue weighted by Crippen LogP contribution is 2.13. The van der Waals surface area contributed by atoms with E-state index in [0.29, 0.717) is 0 Å². The van der Waals surface area contributed by atoms with Crippen molar-refractivity contribution in [1.82, 2.24) is 0 Å². The molecule has 32 heavy (non-hydrogen) atoms. The van der Waals surface area contributed by atoms with Crippen LogP contribution in [0.1, 0.15) is 168 Å². The summed E-state index contributed by atoms with van der Waals surface area (Å²) in [6.45, 7) is 7.96. The summed E-state index contributed by atoms with van der Waals surface area (Å²) in [5.41, 5.74) is 0. The Balaban J connectivity index is 2.98. The van der Waals surface area contributed by atoms with E-state index in [-0.39, 0.29) is 0 Å². The van der Waals surface area contributed by atoms with Gasteiger partial charge in [-0.3, -0.25) is 0 Å². The van der Waals surface area contributed by atoms with Crippen molar-refractivity contribution >= 4 is 0 Å². The second-order valence-corrected chi connectivity index (χ2v) is 10.0. The number of hydrogen-bond acceptors (Lipinski definition) is 2. The Bertz CT molecular complexity index is 275. The number of rotatable bonds is 29. The molecule has 2 heteroatoms. The van der Waals surface area contributed by atoms with E-state index in [2.05, 4.69) is 13.8 Å². The van der Waals surface area contributed by atoms with Crippen LogP contribution in [0.25, 0.3) is 0 Å². The number of unbranched alkanes of at least 4 members (excludes halogenated alkanes) is 22. The summed E-state index contributed by atoms with van der Waals surface area (Å²) in [4.78, 5) is 0. The van der Waals surface area contributed by atoms with E-state index in [1.807, 2.05) is 0 Å². The Labute approximate surface area is 204 Å². The van der Waals surface area contributed by atoms with E-state index in [1.54, 1.807) is 0 Å². The van der Waals surface area contributed by atoms with Gasteiger partial charge in [-0.05, 0) is 12.8 Å². The molecule has 0 saturated carbocycles. The van der Waals surface area contributed by atoms with Gasteiger partial charge in [0.1, 0.15) is 0 Å². The molecule has 0 aromatic rings. The second-order valence-electron chi connectivity index (χ2n) is 10.0. The van der Waals surface area contributed by atoms with Crippen LogP contribution in [0.3, 0.4) is 0 Å². The molecule has 0 fully saturated rings. The second kappa shape index (κ2) is 30.9. The smallest absolute Gasteiger partial charge is 0.0700 e. The fourth-order valence-electron chi connectivity index (χ4n) is 4.41. The molecule has 0 aliphatic heterocycles. The summed E-state index contributed by atoms with van der Waals surface area (Å²) in [5, 5.41) is 0. The fraction of sp³-hybridized carbons (Fsp3) is 1.00. The lowest BCUT2D eigenvalue weighted by atomic mass is 10.0. The third-order valence-corrected chi connectivity index (χ3v) is 6.66. The molecular weight excluding hydrogens is 392 g/mol. The summed E-state index contributed by atoms with van der Waals surface area (Å²) in [7, 11) is 0. The van der Waals surface area contributed by atoms with Gasteiger partial charge in [-0.1, -0.05) is 155 Å². The van der Waals surface area contributed by atoms with Gasteiger partial charge in [0, 0.05) is 13.2 Å². The third kappa shape index (κ3) is 29.9. The molecule has 0 heterocycles. The molecular formula is C30H62O2. The minimum Gasteiger partial charge on any atom is -0.379 e. The molecule has 0 saturated heterocycles. The maximum Gasteiger partial charge on any atom is 0.0700 e. The maximum absolute atomic E-state index is 5.72. The van der Waals surface area contributed by atoms with E-state index in [0.717, 1.165) is 26.4 Å². The van der Waals surface area contributed by atoms with Crippen molar-refractivity contribution in [3.8, 4) is 0 Å². The van der Waals surface area contributed by atoms with Crippen LogP contribution in [-0.2, 0) is 9.47 Å². The van der Waals surface area contributed by atoms with Crippen molar-refractivity contribution < 1.29 is 9.47 Å². The van der Waals surface area contributed by atoms with Crippen molar-refractivity contribution in [3.05, 3.63) is 0 Å². The lowest BCUT2D eigenvalue weighted by Crippen LogP contribution is -2.06. The topological polar surface area (TPSA) is 18.5 Å². The van der Waals surface area contributed by atoms with Crippen molar-refractivity contribution in [1.29, 1.82) is 0 Å². The van der Waals surface area contributed by atoms with E-state index in [1.165, 1.54) is 154 Å². The van der Waals surface area contributed by atoms with Crippen molar-refractivity contribution in [2.45, 2.75) is 168 Å². The Hall–Kier alpha value is -0.0800. The SMILES string of the molecule is CCCCCCCCCCCCCCCCOCCOCCCCCCCCCCCC. The van der Waals surface area contributed by atoms with Crippen molar-refractivity contribution in [2.24, 2.45) is 0 Å². The molecule has 0 radical (unpaired) electrons. The van der Waals surface area contributed by atoms with Crippen LogP contribution in [0.4, 0.5) is 0 Å². The van der Waals surface area contributed by atoms with Gasteiger partial charge >= 0.3 is 0 Å². The van der Waals surface area contributed by atoms with Gasteiger partial charge in [0.25, 0.3) is 0 Å². The van der Waals surface area contributed by atoms with Crippen LogP contribution in [0.5, 0.6) is 0 Å². The van der Waals surface area contributed by atoms with Gasteiger partial charge in [0.2, 0.25) is 0 Å². The van der Waals surface area contributed by atoms with Gasteiger partial charge in [-0.25, -0.2) is 0 Å². The first kappa shape index (κ1) is 31.9. The van der Waals surface area contributed by atoms with Gasteiger partial charge in [0.05, 0.1) is 13.2 Å². The zero-order valence-electron chi connectivity index (χ0n) is 22.6. The Morgan fingerprint density at radius 3 is 0.719 bits per heavy atom. The lowest BCUT2D eigenvalue weighted by Gasteiger charge is -2.06. The quantitative estimate of drug-likeness (QED) is 0.105. The van der Waals surface area contributed by atoms with Gasteiger partial charge in [-0.15, -0.1) is 0 Å². The van der Waals surface area contributed by atoms with E-state index < -0.39 is 0 Å². The molecule has 2 nitrogen and oxygen atoms in total. The fourth-order valence-corrected chi connectivity index (χ4v) is 4.41. The van der Waals surface area contributed by atoms with Crippen LogP contribution < -0.4 is 0 Å². The molecule has 0 atom stereocenters. The first-order chi connectivity index (χ1) is 15.9. The number of hydrogen-bond donors (Lipinski definition) is 0. The number of ether oxygens (including phenoxy) is 2.